The number of benzene rings is 1. The lowest BCUT2D eigenvalue weighted by molar-refractivity contribution is -0.121. The van der Waals surface area contributed by atoms with Crippen LogP contribution in [0, 0.1) is 0 Å². The number of H-pyrrole nitrogens is 1. The van der Waals surface area contributed by atoms with Crippen LogP contribution in [0.1, 0.15) is 0 Å². The molecule has 0 aliphatic rings. The fourth-order valence-electron chi connectivity index (χ4n) is 2.13. The number of fused-ring (bicyclic) bond motifs is 1. The van der Waals surface area contributed by atoms with Gasteiger partial charge in [0.25, 0.3) is 5.56 Å². The maximum absolute atomic E-state index is 12.3. The number of rotatable bonds is 8. The number of hydrogen-bond acceptors (Lipinski definition) is 5. The number of carbonyl (C=O) groups is 1. The summed E-state index contributed by atoms with van der Waals surface area (Å²) in [7, 11) is 1.61. The van der Waals surface area contributed by atoms with Crippen molar-refractivity contribution in [3.8, 4) is 0 Å². The average Bonchev–Trinajstić information content (AvgIpc) is 2.55. The van der Waals surface area contributed by atoms with Crippen LogP contribution in [0.25, 0.3) is 10.9 Å². The minimum Gasteiger partial charge on any atom is -0.383 e. The summed E-state index contributed by atoms with van der Waals surface area (Å²) in [5, 5.41) is 6.11. The van der Waals surface area contributed by atoms with Crippen molar-refractivity contribution in [3.63, 3.8) is 0 Å². The molecular weight excluding hydrogens is 336 g/mol. The van der Waals surface area contributed by atoms with Gasteiger partial charge in [0.05, 0.1) is 17.5 Å². The minimum absolute atomic E-state index is 0. The monoisotopic (exact) mass is 356 g/mol. The van der Waals surface area contributed by atoms with Crippen molar-refractivity contribution in [1.29, 1.82) is 0 Å². The molecule has 3 N–H and O–H groups in total. The second kappa shape index (κ2) is 9.86. The first-order chi connectivity index (χ1) is 11.1. The molecule has 1 aromatic carbocycles. The predicted octanol–water partition coefficient (Wildman–Crippen LogP) is -0.536. The lowest BCUT2D eigenvalue weighted by Crippen LogP contribution is -2.42. The van der Waals surface area contributed by atoms with Crippen LogP contribution < -0.4 is 21.9 Å². The molecule has 0 atom stereocenters. The van der Waals surface area contributed by atoms with Gasteiger partial charge in [0.2, 0.25) is 5.91 Å². The van der Waals surface area contributed by atoms with Gasteiger partial charge in [0, 0.05) is 26.7 Å². The van der Waals surface area contributed by atoms with Crippen LogP contribution in [0.15, 0.2) is 33.9 Å². The van der Waals surface area contributed by atoms with E-state index in [2.05, 4.69) is 15.6 Å². The van der Waals surface area contributed by atoms with Crippen molar-refractivity contribution in [2.75, 3.05) is 33.4 Å². The van der Waals surface area contributed by atoms with E-state index in [4.69, 9.17) is 4.74 Å². The Balaban J connectivity index is 0.00000288. The van der Waals surface area contributed by atoms with E-state index in [1.807, 2.05) is 0 Å². The van der Waals surface area contributed by atoms with Crippen LogP contribution in [0.2, 0.25) is 0 Å². The Hall–Kier alpha value is -2.16. The molecule has 0 saturated carbocycles. The van der Waals surface area contributed by atoms with Crippen molar-refractivity contribution in [2.24, 2.45) is 0 Å². The fourth-order valence-corrected chi connectivity index (χ4v) is 2.13. The molecule has 8 nitrogen and oxygen atoms in total. The molecule has 0 unspecified atom stereocenters. The zero-order chi connectivity index (χ0) is 16.7. The molecule has 9 heteroatoms. The number of aromatic nitrogens is 2. The van der Waals surface area contributed by atoms with Gasteiger partial charge < -0.3 is 20.4 Å². The van der Waals surface area contributed by atoms with Crippen LogP contribution in [0.4, 0.5) is 0 Å². The van der Waals surface area contributed by atoms with E-state index in [0.717, 1.165) is 4.57 Å². The Labute approximate surface area is 144 Å². The third kappa shape index (κ3) is 5.19. The average molecular weight is 357 g/mol. The smallest absolute Gasteiger partial charge is 0.329 e. The largest absolute Gasteiger partial charge is 0.383 e. The highest BCUT2D eigenvalue weighted by molar-refractivity contribution is 5.85. The van der Waals surface area contributed by atoms with Crippen molar-refractivity contribution < 1.29 is 9.53 Å². The molecule has 0 saturated heterocycles. The Morgan fingerprint density at radius 1 is 1.21 bits per heavy atom. The highest BCUT2D eigenvalue weighted by Gasteiger charge is 2.10. The highest BCUT2D eigenvalue weighted by Crippen LogP contribution is 2.02. The Morgan fingerprint density at radius 3 is 2.71 bits per heavy atom. The zero-order valence-electron chi connectivity index (χ0n) is 13.3. The quantitative estimate of drug-likeness (QED) is 0.551. The maximum Gasteiger partial charge on any atom is 0.329 e. The molecule has 0 aliphatic carbocycles. The van der Waals surface area contributed by atoms with E-state index in [-0.39, 0.29) is 24.9 Å². The molecular formula is C15H21ClN4O4. The molecule has 1 aromatic heterocycles. The number of halogens is 1. The van der Waals surface area contributed by atoms with Crippen LogP contribution >= 0.6 is 12.4 Å². The van der Waals surface area contributed by atoms with Gasteiger partial charge in [-0.25, -0.2) is 4.79 Å². The van der Waals surface area contributed by atoms with Crippen LogP contribution in [-0.4, -0.2) is 48.8 Å². The van der Waals surface area contributed by atoms with E-state index >= 15 is 0 Å². The Bertz CT molecular complexity index is 787. The number of ether oxygens (including phenoxy) is 1. The van der Waals surface area contributed by atoms with Gasteiger partial charge in [-0.3, -0.25) is 14.2 Å². The van der Waals surface area contributed by atoms with Gasteiger partial charge in [-0.15, -0.1) is 12.4 Å². The topological polar surface area (TPSA) is 105 Å². The Morgan fingerprint density at radius 2 is 1.96 bits per heavy atom. The van der Waals surface area contributed by atoms with E-state index in [1.54, 1.807) is 31.4 Å². The molecule has 1 amide bonds. The van der Waals surface area contributed by atoms with Gasteiger partial charge in [-0.1, -0.05) is 12.1 Å². The molecule has 2 aromatic rings. The summed E-state index contributed by atoms with van der Waals surface area (Å²) in [5.41, 5.74) is -0.610. The van der Waals surface area contributed by atoms with Crippen LogP contribution in [0.5, 0.6) is 0 Å². The molecule has 0 fully saturated rings. The summed E-state index contributed by atoms with van der Waals surface area (Å²) < 4.78 is 5.78. The number of hydrogen-bond donors (Lipinski definition) is 3. The van der Waals surface area contributed by atoms with Crippen molar-refractivity contribution in [2.45, 2.75) is 6.54 Å². The van der Waals surface area contributed by atoms with Gasteiger partial charge >= 0.3 is 5.69 Å². The molecule has 0 spiro atoms. The molecule has 2 rings (SSSR count). The van der Waals surface area contributed by atoms with E-state index in [0.29, 0.717) is 37.1 Å². The Kier molecular flexibility index (Phi) is 8.17. The van der Waals surface area contributed by atoms with E-state index < -0.39 is 11.2 Å². The highest BCUT2D eigenvalue weighted by atomic mass is 35.5. The molecule has 0 bridgehead atoms. The maximum atomic E-state index is 12.3. The van der Waals surface area contributed by atoms with Crippen molar-refractivity contribution >= 4 is 29.2 Å². The SMILES string of the molecule is COCCNCCNC(=O)Cn1c(=O)[nH]c2ccccc2c1=O.Cl. The summed E-state index contributed by atoms with van der Waals surface area (Å²) in [6.45, 7) is 1.96. The van der Waals surface area contributed by atoms with Crippen molar-refractivity contribution in [3.05, 3.63) is 45.1 Å². The fraction of sp³-hybridized carbons (Fsp3) is 0.400. The second-order valence-electron chi connectivity index (χ2n) is 4.96. The van der Waals surface area contributed by atoms with Gasteiger partial charge in [0.1, 0.15) is 6.54 Å². The minimum atomic E-state index is -0.595. The number of aromatic amines is 1. The number of methoxy groups -OCH3 is 1. The van der Waals surface area contributed by atoms with Crippen molar-refractivity contribution in [1.82, 2.24) is 20.2 Å². The van der Waals surface area contributed by atoms with E-state index in [9.17, 15) is 14.4 Å². The second-order valence-corrected chi connectivity index (χ2v) is 4.96. The summed E-state index contributed by atoms with van der Waals surface area (Å²) in [6, 6.07) is 6.69. The molecule has 24 heavy (non-hydrogen) atoms. The van der Waals surface area contributed by atoms with Gasteiger partial charge in [0.15, 0.2) is 0 Å². The summed E-state index contributed by atoms with van der Waals surface area (Å²) in [5.74, 6) is -0.388. The summed E-state index contributed by atoms with van der Waals surface area (Å²) in [4.78, 5) is 38.7. The number of carbonyl (C=O) groups excluding carboxylic acids is 1. The third-order valence-corrected chi connectivity index (χ3v) is 3.30. The van der Waals surface area contributed by atoms with Gasteiger partial charge in [-0.05, 0) is 12.1 Å². The normalized spacial score (nSPS) is 10.4. The lowest BCUT2D eigenvalue weighted by atomic mass is 10.2. The summed E-state index contributed by atoms with van der Waals surface area (Å²) >= 11 is 0. The zero-order valence-corrected chi connectivity index (χ0v) is 14.1. The number of para-hydroxylation sites is 1. The van der Waals surface area contributed by atoms with Crippen LogP contribution in [0.3, 0.4) is 0 Å². The summed E-state index contributed by atoms with van der Waals surface area (Å²) in [6.07, 6.45) is 0. The van der Waals surface area contributed by atoms with E-state index in [1.165, 1.54) is 0 Å². The van der Waals surface area contributed by atoms with Crippen LogP contribution in [-0.2, 0) is 16.1 Å². The number of nitrogens with one attached hydrogen (secondary N) is 3. The number of nitrogens with zero attached hydrogens (tertiary/aromatic N) is 1. The molecule has 132 valence electrons. The molecule has 0 radical (unpaired) electrons. The predicted molar refractivity (Wildman–Crippen MR) is 93.8 cm³/mol. The van der Waals surface area contributed by atoms with Gasteiger partial charge in [-0.2, -0.15) is 0 Å². The standard InChI is InChI=1S/C15H20N4O4.ClH/c1-23-9-8-16-6-7-17-13(20)10-19-14(21)11-4-2-3-5-12(11)18-15(19)22;/h2-5,16H,6-10H2,1H3,(H,17,20)(H,18,22);1H. The third-order valence-electron chi connectivity index (χ3n) is 3.30. The molecule has 0 aliphatic heterocycles. The molecule has 1 heterocycles. The number of amides is 1. The first-order valence-corrected chi connectivity index (χ1v) is 7.31. The first kappa shape index (κ1) is 19.9. The first-order valence-electron chi connectivity index (χ1n) is 7.31. The lowest BCUT2D eigenvalue weighted by Gasteiger charge is -2.08.